The van der Waals surface area contributed by atoms with E-state index in [2.05, 4.69) is 22.2 Å². The molecule has 0 fully saturated rings. The van der Waals surface area contributed by atoms with Crippen LogP contribution in [0.5, 0.6) is 0 Å². The van der Waals surface area contributed by atoms with Crippen LogP contribution in [0.2, 0.25) is 0 Å². The van der Waals surface area contributed by atoms with E-state index in [0.717, 1.165) is 28.0 Å². The van der Waals surface area contributed by atoms with Gasteiger partial charge in [-0.25, -0.2) is 4.68 Å². The number of para-hydroxylation sites is 1. The maximum Gasteiger partial charge on any atom is 0.113 e. The second-order valence-corrected chi connectivity index (χ2v) is 6.22. The molecule has 3 rings (SSSR count). The average Bonchev–Trinajstić information content (AvgIpc) is 3.06. The molecule has 3 aromatic rings. The van der Waals surface area contributed by atoms with Gasteiger partial charge in [-0.2, -0.15) is 0 Å². The number of nitrogens with two attached hydrogens (primary N) is 1. The smallest absolute Gasteiger partial charge is 0.113 e. The maximum absolute atomic E-state index is 6.06. The lowest BCUT2D eigenvalue weighted by molar-refractivity contribution is 0.824. The predicted octanol–water partition coefficient (Wildman–Crippen LogP) is 4.71. The molecule has 0 radical (unpaired) electrons. The minimum Gasteiger partial charge on any atom is -0.399 e. The molecule has 0 bridgehead atoms. The summed E-state index contributed by atoms with van der Waals surface area (Å²) in [4.78, 5) is 0. The van der Waals surface area contributed by atoms with E-state index in [9.17, 15) is 0 Å². The largest absolute Gasteiger partial charge is 0.399 e. The van der Waals surface area contributed by atoms with Gasteiger partial charge >= 0.3 is 0 Å². The molecule has 5 heteroatoms. The molecule has 0 amide bonds. The van der Waals surface area contributed by atoms with Crippen LogP contribution in [0.15, 0.2) is 96.4 Å². The van der Waals surface area contributed by atoms with Crippen LogP contribution in [-0.4, -0.2) is 15.0 Å². The van der Waals surface area contributed by atoms with Crippen molar-refractivity contribution in [1.82, 2.24) is 15.0 Å². The first-order chi connectivity index (χ1) is 13.1. The van der Waals surface area contributed by atoms with Gasteiger partial charge in [-0.3, -0.25) is 0 Å². The van der Waals surface area contributed by atoms with E-state index in [0.29, 0.717) is 11.4 Å². The SMILES string of the molecule is C=C(\C=C(N)/C=C(C)/C=C\C)Nc1cccc(-n2nnc3ccccc32)c1. The number of hydrogen-bond acceptors (Lipinski definition) is 4. The Morgan fingerprint density at radius 1 is 1.15 bits per heavy atom. The third kappa shape index (κ3) is 4.52. The highest BCUT2D eigenvalue weighted by atomic mass is 15.4. The van der Waals surface area contributed by atoms with E-state index in [4.69, 9.17) is 5.73 Å². The van der Waals surface area contributed by atoms with E-state index in [-0.39, 0.29) is 0 Å². The number of allylic oxidation sites excluding steroid dienone is 5. The molecule has 1 aromatic heterocycles. The molecule has 0 aliphatic carbocycles. The van der Waals surface area contributed by atoms with Crippen LogP contribution in [0.1, 0.15) is 13.8 Å². The van der Waals surface area contributed by atoms with Gasteiger partial charge in [0.15, 0.2) is 0 Å². The number of hydrogen-bond donors (Lipinski definition) is 2. The van der Waals surface area contributed by atoms with E-state index < -0.39 is 0 Å². The summed E-state index contributed by atoms with van der Waals surface area (Å²) in [5, 5.41) is 11.7. The molecule has 0 spiro atoms. The summed E-state index contributed by atoms with van der Waals surface area (Å²) in [6, 6.07) is 15.8. The zero-order valence-electron chi connectivity index (χ0n) is 15.6. The summed E-state index contributed by atoms with van der Waals surface area (Å²) in [6.45, 7) is 8.01. The monoisotopic (exact) mass is 357 g/mol. The molecular formula is C22H23N5. The van der Waals surface area contributed by atoms with Gasteiger partial charge in [0.1, 0.15) is 5.52 Å². The topological polar surface area (TPSA) is 68.8 Å². The van der Waals surface area contributed by atoms with Crippen molar-refractivity contribution in [3.05, 3.63) is 96.4 Å². The Bertz CT molecular complexity index is 1050. The molecule has 5 nitrogen and oxygen atoms in total. The zero-order chi connectivity index (χ0) is 19.2. The number of nitrogens with one attached hydrogen (secondary N) is 1. The first-order valence-electron chi connectivity index (χ1n) is 8.72. The van der Waals surface area contributed by atoms with E-state index in [1.54, 1.807) is 0 Å². The number of rotatable bonds is 6. The van der Waals surface area contributed by atoms with Gasteiger partial charge in [-0.05, 0) is 61.9 Å². The lowest BCUT2D eigenvalue weighted by Gasteiger charge is -2.09. The van der Waals surface area contributed by atoms with Crippen molar-refractivity contribution >= 4 is 16.7 Å². The fraction of sp³-hybridized carbons (Fsp3) is 0.0909. The van der Waals surface area contributed by atoms with Crippen LogP contribution in [0, 0.1) is 0 Å². The molecule has 2 aromatic carbocycles. The van der Waals surface area contributed by atoms with Gasteiger partial charge in [-0.1, -0.05) is 42.1 Å². The molecule has 0 aliphatic rings. The summed E-state index contributed by atoms with van der Waals surface area (Å²) in [5.74, 6) is 0. The van der Waals surface area contributed by atoms with Crippen molar-refractivity contribution in [3.63, 3.8) is 0 Å². The molecule has 1 heterocycles. The Hall–Kier alpha value is -3.60. The van der Waals surface area contributed by atoms with Crippen LogP contribution in [0.4, 0.5) is 5.69 Å². The van der Waals surface area contributed by atoms with E-state index in [1.807, 2.05) is 91.4 Å². The number of anilines is 1. The van der Waals surface area contributed by atoms with E-state index >= 15 is 0 Å². The van der Waals surface area contributed by atoms with Crippen LogP contribution in [0.3, 0.4) is 0 Å². The van der Waals surface area contributed by atoms with Crippen molar-refractivity contribution in [3.8, 4) is 5.69 Å². The van der Waals surface area contributed by atoms with Crippen molar-refractivity contribution in [2.45, 2.75) is 13.8 Å². The van der Waals surface area contributed by atoms with Crippen LogP contribution in [0.25, 0.3) is 16.7 Å². The molecular weight excluding hydrogens is 334 g/mol. The maximum atomic E-state index is 6.06. The number of nitrogens with zero attached hydrogens (tertiary/aromatic N) is 3. The fourth-order valence-electron chi connectivity index (χ4n) is 2.81. The third-order valence-electron chi connectivity index (χ3n) is 3.91. The average molecular weight is 357 g/mol. The van der Waals surface area contributed by atoms with Crippen LogP contribution < -0.4 is 11.1 Å². The van der Waals surface area contributed by atoms with Crippen molar-refractivity contribution < 1.29 is 0 Å². The van der Waals surface area contributed by atoms with Gasteiger partial charge in [0.2, 0.25) is 0 Å². The van der Waals surface area contributed by atoms with Gasteiger partial charge < -0.3 is 11.1 Å². The van der Waals surface area contributed by atoms with Crippen molar-refractivity contribution in [2.75, 3.05) is 5.32 Å². The Labute approximate surface area is 159 Å². The number of fused-ring (bicyclic) bond motifs is 1. The molecule has 0 aliphatic heterocycles. The van der Waals surface area contributed by atoms with Gasteiger partial charge in [0.25, 0.3) is 0 Å². The lowest BCUT2D eigenvalue weighted by Crippen LogP contribution is -2.02. The number of aromatic nitrogens is 3. The standard InChI is InChI=1S/C22H23N5/c1-4-8-16(2)13-18(23)14-17(3)24-19-9-7-10-20(15-19)27-22-12-6-5-11-21(22)25-26-27/h4-15,24H,3,23H2,1-2H3/b8-4-,16-13+,18-14+. The quantitative estimate of drug-likeness (QED) is 0.627. The van der Waals surface area contributed by atoms with Gasteiger partial charge in [0.05, 0.1) is 11.2 Å². The summed E-state index contributed by atoms with van der Waals surface area (Å²) in [6.07, 6.45) is 7.70. The highest BCUT2D eigenvalue weighted by Crippen LogP contribution is 2.20. The highest BCUT2D eigenvalue weighted by Gasteiger charge is 2.06. The molecule has 3 N–H and O–H groups in total. The first-order valence-corrected chi connectivity index (χ1v) is 8.72. The highest BCUT2D eigenvalue weighted by molar-refractivity contribution is 5.76. The molecule has 0 unspecified atom stereocenters. The summed E-state index contributed by atoms with van der Waals surface area (Å²) in [5.41, 5.74) is 12.1. The second kappa shape index (κ2) is 8.19. The van der Waals surface area contributed by atoms with Crippen LogP contribution >= 0.6 is 0 Å². The minimum atomic E-state index is 0.640. The van der Waals surface area contributed by atoms with Gasteiger partial charge in [0, 0.05) is 17.1 Å². The second-order valence-electron chi connectivity index (χ2n) is 6.22. The van der Waals surface area contributed by atoms with E-state index in [1.165, 1.54) is 0 Å². The molecule has 27 heavy (non-hydrogen) atoms. The van der Waals surface area contributed by atoms with Crippen molar-refractivity contribution in [2.24, 2.45) is 5.73 Å². The third-order valence-corrected chi connectivity index (χ3v) is 3.91. The Balaban J connectivity index is 1.80. The fourth-order valence-corrected chi connectivity index (χ4v) is 2.81. The Morgan fingerprint density at radius 2 is 1.96 bits per heavy atom. The first kappa shape index (κ1) is 18.2. The normalized spacial score (nSPS) is 12.7. The number of benzene rings is 2. The summed E-state index contributed by atoms with van der Waals surface area (Å²) < 4.78 is 1.82. The minimum absolute atomic E-state index is 0.640. The van der Waals surface area contributed by atoms with Crippen molar-refractivity contribution in [1.29, 1.82) is 0 Å². The molecule has 136 valence electrons. The molecule has 0 saturated carbocycles. The van der Waals surface area contributed by atoms with Crippen LogP contribution in [-0.2, 0) is 0 Å². The predicted molar refractivity (Wildman–Crippen MR) is 112 cm³/mol. The summed E-state index contributed by atoms with van der Waals surface area (Å²) in [7, 11) is 0. The lowest BCUT2D eigenvalue weighted by atomic mass is 10.2. The molecule has 0 atom stereocenters. The van der Waals surface area contributed by atoms with Gasteiger partial charge in [-0.15, -0.1) is 5.10 Å². The Kier molecular flexibility index (Phi) is 5.52. The molecule has 0 saturated heterocycles. The zero-order valence-corrected chi connectivity index (χ0v) is 15.6. The Morgan fingerprint density at radius 3 is 2.78 bits per heavy atom. The summed E-state index contributed by atoms with van der Waals surface area (Å²) >= 11 is 0.